The first-order valence-corrected chi connectivity index (χ1v) is 9.19. The van der Waals surface area contributed by atoms with Crippen molar-refractivity contribution >= 4 is 29.0 Å². The summed E-state index contributed by atoms with van der Waals surface area (Å²) in [5, 5.41) is 8.24. The van der Waals surface area contributed by atoms with Crippen molar-refractivity contribution in [3.05, 3.63) is 22.4 Å². The number of thiophene rings is 1. The fourth-order valence-corrected chi connectivity index (χ4v) is 4.79. The molecule has 4 heteroatoms. The molecule has 2 aliphatic rings. The van der Waals surface area contributed by atoms with E-state index in [4.69, 9.17) is 0 Å². The third kappa shape index (κ3) is 3.34. The van der Waals surface area contributed by atoms with E-state index >= 15 is 0 Å². The number of carbonyl (C=O) groups excluding carboxylic acids is 1. The van der Waals surface area contributed by atoms with Gasteiger partial charge in [-0.05, 0) is 48.1 Å². The Labute approximate surface area is 123 Å². The van der Waals surface area contributed by atoms with Gasteiger partial charge in [-0.25, -0.2) is 0 Å². The first kappa shape index (κ1) is 13.5. The fraction of sp³-hybridized carbons (Fsp3) is 0.667. The number of hydrogen-bond acceptors (Lipinski definition) is 3. The molecule has 0 aromatic carbocycles. The molecule has 2 fully saturated rings. The normalized spacial score (nSPS) is 21.5. The van der Waals surface area contributed by atoms with Crippen LogP contribution in [-0.4, -0.2) is 23.5 Å². The van der Waals surface area contributed by atoms with Crippen LogP contribution in [0.4, 0.5) is 0 Å². The van der Waals surface area contributed by atoms with Gasteiger partial charge in [-0.1, -0.05) is 12.8 Å². The maximum atomic E-state index is 11.9. The summed E-state index contributed by atoms with van der Waals surface area (Å²) >= 11 is 3.60. The Bertz CT molecular complexity index is 419. The van der Waals surface area contributed by atoms with E-state index in [-0.39, 0.29) is 11.3 Å². The van der Waals surface area contributed by atoms with Crippen molar-refractivity contribution in [3.8, 4) is 0 Å². The van der Waals surface area contributed by atoms with Crippen LogP contribution in [0.2, 0.25) is 0 Å². The maximum Gasteiger partial charge on any atom is 0.230 e. The van der Waals surface area contributed by atoms with Crippen molar-refractivity contribution in [3.63, 3.8) is 0 Å². The van der Waals surface area contributed by atoms with E-state index in [0.717, 1.165) is 11.8 Å². The highest BCUT2D eigenvalue weighted by molar-refractivity contribution is 8.00. The zero-order chi connectivity index (χ0) is 13.1. The summed E-state index contributed by atoms with van der Waals surface area (Å²) in [6.07, 6.45) is 7.74. The zero-order valence-electron chi connectivity index (χ0n) is 11.2. The van der Waals surface area contributed by atoms with Gasteiger partial charge in [0.2, 0.25) is 5.91 Å². The average molecular weight is 295 g/mol. The third-order valence-corrected chi connectivity index (χ3v) is 6.42. The van der Waals surface area contributed by atoms with E-state index < -0.39 is 0 Å². The molecule has 1 aromatic rings. The van der Waals surface area contributed by atoms with E-state index in [1.807, 2.05) is 11.8 Å². The van der Waals surface area contributed by atoms with E-state index in [2.05, 4.69) is 22.1 Å². The van der Waals surface area contributed by atoms with Crippen molar-refractivity contribution in [1.82, 2.24) is 5.32 Å². The highest BCUT2D eigenvalue weighted by atomic mass is 32.2. The standard InChI is InChI=1S/C15H21NOS2/c17-14(10-19-13-3-1-2-4-13)16-11-15(6-7-15)12-5-8-18-9-12/h5,8-9,13H,1-4,6-7,10-11H2,(H,16,17). The van der Waals surface area contributed by atoms with Gasteiger partial charge >= 0.3 is 0 Å². The minimum Gasteiger partial charge on any atom is -0.354 e. The smallest absolute Gasteiger partial charge is 0.230 e. The lowest BCUT2D eigenvalue weighted by Crippen LogP contribution is -2.33. The Morgan fingerprint density at radius 2 is 2.21 bits per heavy atom. The summed E-state index contributed by atoms with van der Waals surface area (Å²) in [5.74, 6) is 0.864. The van der Waals surface area contributed by atoms with Crippen LogP contribution in [0.3, 0.4) is 0 Å². The van der Waals surface area contributed by atoms with E-state index in [1.165, 1.54) is 44.1 Å². The fourth-order valence-electron chi connectivity index (χ4n) is 2.85. The lowest BCUT2D eigenvalue weighted by atomic mass is 9.99. The minimum atomic E-state index is 0.221. The molecular weight excluding hydrogens is 274 g/mol. The monoisotopic (exact) mass is 295 g/mol. The summed E-state index contributed by atoms with van der Waals surface area (Å²) in [6, 6.07) is 2.21. The third-order valence-electron chi connectivity index (χ3n) is 4.36. The molecule has 0 bridgehead atoms. The minimum absolute atomic E-state index is 0.221. The number of rotatable bonds is 6. The predicted octanol–water partition coefficient (Wildman–Crippen LogP) is 3.57. The molecule has 1 N–H and O–H groups in total. The van der Waals surface area contributed by atoms with Crippen LogP contribution in [0.5, 0.6) is 0 Å². The number of amides is 1. The molecule has 1 aromatic heterocycles. The summed E-state index contributed by atoms with van der Waals surface area (Å²) in [7, 11) is 0. The van der Waals surface area contributed by atoms with Gasteiger partial charge in [0.1, 0.15) is 0 Å². The number of hydrogen-bond donors (Lipinski definition) is 1. The van der Waals surface area contributed by atoms with Gasteiger partial charge in [-0.2, -0.15) is 11.3 Å². The van der Waals surface area contributed by atoms with Gasteiger partial charge in [-0.3, -0.25) is 4.79 Å². The Morgan fingerprint density at radius 1 is 1.42 bits per heavy atom. The molecule has 1 heterocycles. The van der Waals surface area contributed by atoms with Crippen LogP contribution >= 0.6 is 23.1 Å². The molecule has 104 valence electrons. The lowest BCUT2D eigenvalue weighted by Gasteiger charge is -2.15. The SMILES string of the molecule is O=C(CSC1CCCC1)NCC1(c2ccsc2)CC1. The van der Waals surface area contributed by atoms with Crippen LogP contribution in [0.15, 0.2) is 16.8 Å². The molecule has 1 amide bonds. The quantitative estimate of drug-likeness (QED) is 0.869. The predicted molar refractivity (Wildman–Crippen MR) is 83.0 cm³/mol. The Balaban J connectivity index is 1.41. The van der Waals surface area contributed by atoms with Crippen LogP contribution in [0.25, 0.3) is 0 Å². The van der Waals surface area contributed by atoms with E-state index in [9.17, 15) is 4.79 Å². The highest BCUT2D eigenvalue weighted by Gasteiger charge is 2.44. The number of nitrogens with one attached hydrogen (secondary N) is 1. The van der Waals surface area contributed by atoms with Crippen molar-refractivity contribution in [1.29, 1.82) is 0 Å². The van der Waals surface area contributed by atoms with Crippen LogP contribution in [0, 0.1) is 0 Å². The average Bonchev–Trinajstić information content (AvgIpc) is 2.90. The molecule has 19 heavy (non-hydrogen) atoms. The van der Waals surface area contributed by atoms with Crippen LogP contribution < -0.4 is 5.32 Å². The van der Waals surface area contributed by atoms with E-state index in [1.54, 1.807) is 11.3 Å². The van der Waals surface area contributed by atoms with Crippen LogP contribution in [-0.2, 0) is 10.2 Å². The maximum absolute atomic E-state index is 11.9. The summed E-state index contributed by atoms with van der Waals surface area (Å²) in [4.78, 5) is 11.9. The van der Waals surface area contributed by atoms with Crippen molar-refractivity contribution < 1.29 is 4.79 Å². The second-order valence-corrected chi connectivity index (χ2v) is 7.86. The second-order valence-electron chi connectivity index (χ2n) is 5.79. The Kier molecular flexibility index (Phi) is 4.18. The molecule has 0 saturated heterocycles. The molecular formula is C15H21NOS2. The van der Waals surface area contributed by atoms with Gasteiger partial charge in [0.15, 0.2) is 0 Å². The molecule has 3 rings (SSSR count). The van der Waals surface area contributed by atoms with Crippen molar-refractivity contribution in [2.75, 3.05) is 12.3 Å². The first-order chi connectivity index (χ1) is 9.28. The highest BCUT2D eigenvalue weighted by Crippen LogP contribution is 2.48. The van der Waals surface area contributed by atoms with Gasteiger partial charge < -0.3 is 5.32 Å². The first-order valence-electron chi connectivity index (χ1n) is 7.19. The van der Waals surface area contributed by atoms with Crippen molar-refractivity contribution in [2.45, 2.75) is 49.2 Å². The molecule has 2 nitrogen and oxygen atoms in total. The van der Waals surface area contributed by atoms with Gasteiger partial charge in [0, 0.05) is 17.2 Å². The van der Waals surface area contributed by atoms with E-state index in [0.29, 0.717) is 5.75 Å². The Hall–Kier alpha value is -0.480. The molecule has 2 aliphatic carbocycles. The second kappa shape index (κ2) is 5.88. The van der Waals surface area contributed by atoms with Gasteiger partial charge in [-0.15, -0.1) is 11.8 Å². The molecule has 0 unspecified atom stereocenters. The molecule has 0 spiro atoms. The molecule has 0 atom stereocenters. The zero-order valence-corrected chi connectivity index (χ0v) is 12.8. The van der Waals surface area contributed by atoms with Crippen molar-refractivity contribution in [2.24, 2.45) is 0 Å². The summed E-state index contributed by atoms with van der Waals surface area (Å²) in [5.41, 5.74) is 1.69. The topological polar surface area (TPSA) is 29.1 Å². The summed E-state index contributed by atoms with van der Waals surface area (Å²) < 4.78 is 0. The lowest BCUT2D eigenvalue weighted by molar-refractivity contribution is -0.118. The number of thioether (sulfide) groups is 1. The molecule has 0 radical (unpaired) electrons. The largest absolute Gasteiger partial charge is 0.354 e. The Morgan fingerprint density at radius 3 is 2.84 bits per heavy atom. The molecule has 0 aliphatic heterocycles. The van der Waals surface area contributed by atoms with Gasteiger partial charge in [0.25, 0.3) is 0 Å². The van der Waals surface area contributed by atoms with Gasteiger partial charge in [0.05, 0.1) is 5.75 Å². The summed E-state index contributed by atoms with van der Waals surface area (Å²) in [6.45, 7) is 0.827. The molecule has 2 saturated carbocycles. The van der Waals surface area contributed by atoms with Crippen LogP contribution in [0.1, 0.15) is 44.1 Å². The number of carbonyl (C=O) groups is 1.